The molecule has 2 N–H and O–H groups in total. The first-order valence-corrected chi connectivity index (χ1v) is 11.5. The summed E-state index contributed by atoms with van der Waals surface area (Å²) in [5, 5.41) is 21.7. The van der Waals surface area contributed by atoms with Crippen LogP contribution in [0.15, 0.2) is 90.2 Å². The number of fused-ring (bicyclic) bond motifs is 1. The molecule has 0 bridgehead atoms. The Hall–Kier alpha value is -3.94. The van der Waals surface area contributed by atoms with Gasteiger partial charge in [-0.3, -0.25) is 14.5 Å². The highest BCUT2D eigenvalue weighted by Crippen LogP contribution is 2.44. The number of aliphatic hydroxyl groups excluding tert-OH is 1. The third kappa shape index (κ3) is 3.96. The van der Waals surface area contributed by atoms with Crippen LogP contribution in [0.5, 0.6) is 5.75 Å². The number of benzene rings is 3. The molecule has 5 rings (SSSR count). The first-order chi connectivity index (χ1) is 16.4. The number of hydrogen-bond acceptors (Lipinski definition) is 6. The van der Waals surface area contributed by atoms with Crippen LogP contribution < -0.4 is 4.90 Å². The Morgan fingerprint density at radius 3 is 2.59 bits per heavy atom. The minimum absolute atomic E-state index is 0.0287. The Bertz CT molecular complexity index is 1490. The van der Waals surface area contributed by atoms with Crippen molar-refractivity contribution in [2.75, 3.05) is 4.90 Å². The van der Waals surface area contributed by atoms with Gasteiger partial charge in [-0.05, 0) is 47.5 Å². The molecule has 0 saturated carbocycles. The number of anilines is 1. The van der Waals surface area contributed by atoms with Crippen molar-refractivity contribution in [3.63, 3.8) is 0 Å². The van der Waals surface area contributed by atoms with E-state index in [-0.39, 0.29) is 11.3 Å². The molecule has 1 unspecified atom stereocenters. The summed E-state index contributed by atoms with van der Waals surface area (Å²) in [5.41, 5.74) is 1.82. The van der Waals surface area contributed by atoms with Crippen molar-refractivity contribution in [1.29, 1.82) is 0 Å². The number of carbonyl (C=O) groups is 2. The van der Waals surface area contributed by atoms with Crippen LogP contribution in [0, 0.1) is 0 Å². The molecule has 0 saturated heterocycles. The monoisotopic (exact) mass is 488 g/mol. The number of rotatable bonds is 5. The number of amides is 1. The second-order valence-electron chi connectivity index (χ2n) is 7.65. The molecule has 6 nitrogen and oxygen atoms in total. The summed E-state index contributed by atoms with van der Waals surface area (Å²) in [7, 11) is 0. The zero-order valence-corrected chi connectivity index (χ0v) is 19.1. The van der Waals surface area contributed by atoms with Crippen LogP contribution in [0.2, 0.25) is 5.02 Å². The summed E-state index contributed by atoms with van der Waals surface area (Å²) in [5.74, 6) is -1.93. The van der Waals surface area contributed by atoms with Gasteiger partial charge in [0.15, 0.2) is 16.7 Å². The number of carbonyl (C=O) groups excluding carboxylic acids is 2. The molecular weight excluding hydrogens is 472 g/mol. The molecule has 1 aliphatic heterocycles. The average Bonchev–Trinajstić information content (AvgIpc) is 3.36. The van der Waals surface area contributed by atoms with Gasteiger partial charge in [0.25, 0.3) is 5.91 Å². The van der Waals surface area contributed by atoms with Gasteiger partial charge in [0.2, 0.25) is 0 Å². The Labute approximate surface area is 203 Å². The highest BCUT2D eigenvalue weighted by molar-refractivity contribution is 7.22. The van der Waals surface area contributed by atoms with Crippen molar-refractivity contribution < 1.29 is 19.8 Å². The fourth-order valence-corrected chi connectivity index (χ4v) is 5.15. The molecule has 8 heteroatoms. The van der Waals surface area contributed by atoms with E-state index in [0.717, 1.165) is 10.3 Å². The minimum atomic E-state index is -0.969. The molecule has 0 fully saturated rings. The number of aromatic hydroxyl groups is 1. The van der Waals surface area contributed by atoms with Gasteiger partial charge in [-0.1, -0.05) is 71.5 Å². The number of halogens is 1. The second-order valence-corrected chi connectivity index (χ2v) is 9.10. The second kappa shape index (κ2) is 8.78. The minimum Gasteiger partial charge on any atom is -0.508 e. The third-order valence-corrected chi connectivity index (χ3v) is 6.68. The van der Waals surface area contributed by atoms with E-state index in [1.807, 2.05) is 30.3 Å². The molecule has 1 aromatic heterocycles. The number of thiazole rings is 1. The summed E-state index contributed by atoms with van der Waals surface area (Å²) < 4.78 is 0.758. The van der Waals surface area contributed by atoms with Crippen LogP contribution in [0.1, 0.15) is 17.2 Å². The van der Waals surface area contributed by atoms with Crippen molar-refractivity contribution in [1.82, 2.24) is 4.98 Å². The van der Waals surface area contributed by atoms with E-state index in [1.54, 1.807) is 36.4 Å². The van der Waals surface area contributed by atoms with Crippen LogP contribution in [0.4, 0.5) is 5.13 Å². The number of ketones is 1. The average molecular weight is 489 g/mol. The van der Waals surface area contributed by atoms with Crippen LogP contribution >= 0.6 is 22.9 Å². The van der Waals surface area contributed by atoms with Gasteiger partial charge < -0.3 is 10.2 Å². The van der Waals surface area contributed by atoms with E-state index >= 15 is 0 Å². The molecule has 0 aliphatic carbocycles. The number of phenolic OH excluding ortho intramolecular Hbond substituents is 1. The van der Waals surface area contributed by atoms with Gasteiger partial charge in [-0.2, -0.15) is 0 Å². The van der Waals surface area contributed by atoms with Crippen LogP contribution in [0.25, 0.3) is 16.3 Å². The maximum Gasteiger partial charge on any atom is 0.296 e. The Balaban J connectivity index is 1.61. The molecule has 2 heterocycles. The van der Waals surface area contributed by atoms with Crippen molar-refractivity contribution in [3.8, 4) is 5.75 Å². The molecule has 1 amide bonds. The zero-order chi connectivity index (χ0) is 23.8. The van der Waals surface area contributed by atoms with Gasteiger partial charge >= 0.3 is 0 Å². The number of hydrogen-bond donors (Lipinski definition) is 2. The maximum atomic E-state index is 13.3. The lowest BCUT2D eigenvalue weighted by Gasteiger charge is -2.24. The van der Waals surface area contributed by atoms with E-state index in [4.69, 9.17) is 11.6 Å². The lowest BCUT2D eigenvalue weighted by Crippen LogP contribution is -2.30. The molecular formula is C26H17ClN2O4S. The zero-order valence-electron chi connectivity index (χ0n) is 17.6. The summed E-state index contributed by atoms with van der Waals surface area (Å²) >= 11 is 7.32. The predicted molar refractivity (Wildman–Crippen MR) is 133 cm³/mol. The van der Waals surface area contributed by atoms with Crippen LogP contribution in [-0.2, 0) is 9.59 Å². The summed E-state index contributed by atoms with van der Waals surface area (Å²) in [6, 6.07) is 19.7. The Morgan fingerprint density at radius 2 is 1.82 bits per heavy atom. The quantitative estimate of drug-likeness (QED) is 0.344. The van der Waals surface area contributed by atoms with Gasteiger partial charge in [0.05, 0.1) is 21.8 Å². The SMILES string of the molecule is O=C(C=Cc1ccccc1)C1=C(O)C(=O)N(c2nc3ccc(Cl)cc3s2)C1c1cccc(O)c1. The number of aromatic nitrogens is 1. The standard InChI is InChI=1S/C26H17ClN2O4S/c27-17-10-11-19-21(14-17)34-26(28-19)29-23(16-7-4-8-18(30)13-16)22(24(32)25(29)33)20(31)12-9-15-5-2-1-3-6-15/h1-14,23,30,32H. The van der Waals surface area contributed by atoms with E-state index in [2.05, 4.69) is 4.98 Å². The summed E-state index contributed by atoms with van der Waals surface area (Å²) in [6.07, 6.45) is 2.94. The topological polar surface area (TPSA) is 90.7 Å². The molecule has 1 atom stereocenters. The highest BCUT2D eigenvalue weighted by atomic mass is 35.5. The Morgan fingerprint density at radius 1 is 1.03 bits per heavy atom. The van der Waals surface area contributed by atoms with Crippen molar-refractivity contribution in [3.05, 3.63) is 106 Å². The largest absolute Gasteiger partial charge is 0.508 e. The third-order valence-electron chi connectivity index (χ3n) is 5.43. The number of nitrogens with zero attached hydrogens (tertiary/aromatic N) is 2. The van der Waals surface area contributed by atoms with Crippen LogP contribution in [0.3, 0.4) is 0 Å². The fourth-order valence-electron chi connectivity index (χ4n) is 3.88. The van der Waals surface area contributed by atoms with Crippen molar-refractivity contribution in [2.24, 2.45) is 0 Å². The van der Waals surface area contributed by atoms with Gasteiger partial charge in [0, 0.05) is 5.02 Å². The predicted octanol–water partition coefficient (Wildman–Crippen LogP) is 5.84. The number of aliphatic hydroxyl groups is 1. The number of allylic oxidation sites excluding steroid dienone is 1. The van der Waals surface area contributed by atoms with E-state index in [9.17, 15) is 19.8 Å². The number of phenols is 1. The molecule has 0 spiro atoms. The first kappa shape index (κ1) is 21.9. The van der Waals surface area contributed by atoms with Gasteiger partial charge in [-0.15, -0.1) is 0 Å². The summed E-state index contributed by atoms with van der Waals surface area (Å²) in [4.78, 5) is 32.3. The molecule has 34 heavy (non-hydrogen) atoms. The maximum absolute atomic E-state index is 13.3. The smallest absolute Gasteiger partial charge is 0.296 e. The van der Waals surface area contributed by atoms with E-state index in [1.165, 1.54) is 34.4 Å². The van der Waals surface area contributed by atoms with Crippen molar-refractivity contribution >= 4 is 56.1 Å². The first-order valence-electron chi connectivity index (χ1n) is 10.3. The molecule has 4 aromatic rings. The van der Waals surface area contributed by atoms with Crippen LogP contribution in [-0.4, -0.2) is 26.9 Å². The molecule has 0 radical (unpaired) electrons. The molecule has 3 aromatic carbocycles. The fraction of sp³-hybridized carbons (Fsp3) is 0.0385. The van der Waals surface area contributed by atoms with E-state index in [0.29, 0.717) is 21.2 Å². The normalized spacial score (nSPS) is 16.2. The van der Waals surface area contributed by atoms with Gasteiger partial charge in [-0.25, -0.2) is 4.98 Å². The highest BCUT2D eigenvalue weighted by Gasteiger charge is 2.45. The molecule has 1 aliphatic rings. The lowest BCUT2D eigenvalue weighted by molar-refractivity contribution is -0.117. The van der Waals surface area contributed by atoms with Crippen molar-refractivity contribution in [2.45, 2.75) is 6.04 Å². The lowest BCUT2D eigenvalue weighted by atomic mass is 9.95. The van der Waals surface area contributed by atoms with Gasteiger partial charge in [0.1, 0.15) is 5.75 Å². The van der Waals surface area contributed by atoms with E-state index < -0.39 is 23.5 Å². The molecule has 168 valence electrons. The summed E-state index contributed by atoms with van der Waals surface area (Å²) in [6.45, 7) is 0. The Kier molecular flexibility index (Phi) is 5.65.